The fraction of sp³-hybridized carbons (Fsp3) is 0.538. The molecule has 0 radical (unpaired) electrons. The minimum atomic E-state index is -4.30. The number of piperidine rings is 1. The van der Waals surface area contributed by atoms with Crippen LogP contribution in [0.3, 0.4) is 0 Å². The highest BCUT2D eigenvalue weighted by Gasteiger charge is 2.56. The summed E-state index contributed by atoms with van der Waals surface area (Å²) < 4.78 is 43.7. The van der Waals surface area contributed by atoms with Gasteiger partial charge in [-0.15, -0.1) is 0 Å². The lowest BCUT2D eigenvalue weighted by molar-refractivity contribution is -0.276. The summed E-state index contributed by atoms with van der Waals surface area (Å²) in [6.07, 6.45) is -4.35. The molecular formula is C13H16F3NO. The largest absolute Gasteiger partial charge is 0.417 e. The van der Waals surface area contributed by atoms with Gasteiger partial charge in [-0.25, -0.2) is 0 Å². The molecule has 18 heavy (non-hydrogen) atoms. The fourth-order valence-electron chi connectivity index (χ4n) is 2.37. The molecule has 1 aliphatic rings. The van der Waals surface area contributed by atoms with Crippen molar-refractivity contribution in [3.8, 4) is 0 Å². The maximum absolute atomic E-state index is 13.0. The third-order valence-electron chi connectivity index (χ3n) is 3.60. The minimum Gasteiger partial charge on any atom is -0.371 e. The number of halogens is 3. The topological polar surface area (TPSA) is 12.5 Å². The van der Waals surface area contributed by atoms with Crippen molar-refractivity contribution in [2.45, 2.75) is 24.6 Å². The van der Waals surface area contributed by atoms with E-state index in [4.69, 9.17) is 4.74 Å². The molecule has 0 bridgehead atoms. The molecule has 2 rings (SSSR count). The first-order chi connectivity index (χ1) is 8.48. The molecule has 0 amide bonds. The summed E-state index contributed by atoms with van der Waals surface area (Å²) in [4.78, 5) is 1.96. The van der Waals surface area contributed by atoms with Crippen molar-refractivity contribution in [2.75, 3.05) is 25.1 Å². The van der Waals surface area contributed by atoms with E-state index in [9.17, 15) is 13.2 Å². The van der Waals surface area contributed by atoms with E-state index in [0.717, 1.165) is 12.8 Å². The molecule has 0 saturated carbocycles. The van der Waals surface area contributed by atoms with Crippen molar-refractivity contribution < 1.29 is 17.9 Å². The Hall–Kier alpha value is -1.23. The zero-order chi connectivity index (χ0) is 13.2. The number of para-hydroxylation sites is 1. The van der Waals surface area contributed by atoms with Gasteiger partial charge < -0.3 is 9.64 Å². The zero-order valence-corrected chi connectivity index (χ0v) is 10.2. The van der Waals surface area contributed by atoms with E-state index in [-0.39, 0.29) is 12.8 Å². The second kappa shape index (κ2) is 4.80. The predicted octanol–water partition coefficient (Wildman–Crippen LogP) is 3.23. The summed E-state index contributed by atoms with van der Waals surface area (Å²) in [5, 5.41) is 0. The number of hydrogen-bond donors (Lipinski definition) is 0. The first-order valence-electron chi connectivity index (χ1n) is 5.90. The number of hydrogen-bond acceptors (Lipinski definition) is 2. The first-order valence-corrected chi connectivity index (χ1v) is 5.90. The first kappa shape index (κ1) is 13.2. The lowest BCUT2D eigenvalue weighted by atomic mass is 9.90. The quantitative estimate of drug-likeness (QED) is 0.808. The molecule has 1 saturated heterocycles. The Bertz CT molecular complexity index is 383. The summed E-state index contributed by atoms with van der Waals surface area (Å²) in [5.41, 5.74) is -1.01. The van der Waals surface area contributed by atoms with Crippen molar-refractivity contribution in [1.82, 2.24) is 0 Å². The van der Waals surface area contributed by atoms with Crippen LogP contribution in [0, 0.1) is 0 Å². The summed E-state index contributed by atoms with van der Waals surface area (Å²) >= 11 is 0. The second-order valence-electron chi connectivity index (χ2n) is 4.52. The monoisotopic (exact) mass is 259 g/mol. The normalized spacial score (nSPS) is 19.9. The van der Waals surface area contributed by atoms with Crippen molar-refractivity contribution >= 4 is 5.69 Å². The highest BCUT2D eigenvalue weighted by atomic mass is 19.4. The molecule has 5 heteroatoms. The van der Waals surface area contributed by atoms with E-state index in [1.165, 1.54) is 0 Å². The summed E-state index contributed by atoms with van der Waals surface area (Å²) in [6.45, 7) is 0.717. The van der Waals surface area contributed by atoms with Gasteiger partial charge in [-0.05, 0) is 12.1 Å². The van der Waals surface area contributed by atoms with Crippen LogP contribution in [0.4, 0.5) is 18.9 Å². The molecule has 1 aromatic rings. The molecule has 0 aromatic heterocycles. The lowest BCUT2D eigenvalue weighted by Crippen LogP contribution is -2.54. The number of nitrogens with zero attached hydrogens (tertiary/aromatic N) is 1. The number of alkyl halides is 3. The Kier molecular flexibility index (Phi) is 3.52. The van der Waals surface area contributed by atoms with E-state index in [1.54, 1.807) is 0 Å². The number of anilines is 1. The summed E-state index contributed by atoms with van der Waals surface area (Å²) in [7, 11) is 1.14. The van der Waals surface area contributed by atoms with Gasteiger partial charge in [0.25, 0.3) is 0 Å². The molecule has 1 heterocycles. The number of benzene rings is 1. The molecule has 2 nitrogen and oxygen atoms in total. The molecular weight excluding hydrogens is 243 g/mol. The Morgan fingerprint density at radius 3 is 2.11 bits per heavy atom. The third-order valence-corrected chi connectivity index (χ3v) is 3.60. The van der Waals surface area contributed by atoms with Crippen LogP contribution in [-0.4, -0.2) is 32.0 Å². The number of ether oxygens (including phenoxy) is 1. The Balaban J connectivity index is 2.08. The van der Waals surface area contributed by atoms with Crippen LogP contribution in [0.25, 0.3) is 0 Å². The van der Waals surface area contributed by atoms with Gasteiger partial charge in [0.05, 0.1) is 0 Å². The Labute approximate surface area is 104 Å². The van der Waals surface area contributed by atoms with E-state index in [2.05, 4.69) is 0 Å². The van der Waals surface area contributed by atoms with Crippen LogP contribution in [-0.2, 0) is 4.74 Å². The van der Waals surface area contributed by atoms with Gasteiger partial charge in [0, 0.05) is 38.7 Å². The Morgan fingerprint density at radius 2 is 1.67 bits per heavy atom. The van der Waals surface area contributed by atoms with Crippen LogP contribution in [0.2, 0.25) is 0 Å². The van der Waals surface area contributed by atoms with Gasteiger partial charge in [-0.3, -0.25) is 0 Å². The number of methoxy groups -OCH3 is 1. The van der Waals surface area contributed by atoms with Gasteiger partial charge in [-0.1, -0.05) is 18.2 Å². The van der Waals surface area contributed by atoms with Gasteiger partial charge in [-0.2, -0.15) is 13.2 Å². The van der Waals surface area contributed by atoms with Crippen LogP contribution >= 0.6 is 0 Å². The van der Waals surface area contributed by atoms with Crippen LogP contribution < -0.4 is 4.90 Å². The molecule has 0 aliphatic carbocycles. The molecule has 1 fully saturated rings. The standard InChI is InChI=1S/C13H16F3NO/c1-18-12(13(14,15)16)7-9-17(10-8-12)11-5-3-2-4-6-11/h2-6H,7-10H2,1H3. The van der Waals surface area contributed by atoms with E-state index < -0.39 is 11.8 Å². The Morgan fingerprint density at radius 1 is 1.11 bits per heavy atom. The van der Waals surface area contributed by atoms with E-state index >= 15 is 0 Å². The highest BCUT2D eigenvalue weighted by Crippen LogP contribution is 2.41. The highest BCUT2D eigenvalue weighted by molar-refractivity contribution is 5.46. The van der Waals surface area contributed by atoms with Crippen molar-refractivity contribution in [3.63, 3.8) is 0 Å². The van der Waals surface area contributed by atoms with Crippen LogP contribution in [0.15, 0.2) is 30.3 Å². The van der Waals surface area contributed by atoms with Crippen molar-refractivity contribution in [2.24, 2.45) is 0 Å². The van der Waals surface area contributed by atoms with E-state index in [0.29, 0.717) is 13.1 Å². The maximum atomic E-state index is 13.0. The smallest absolute Gasteiger partial charge is 0.371 e. The molecule has 0 atom stereocenters. The second-order valence-corrected chi connectivity index (χ2v) is 4.52. The molecule has 0 unspecified atom stereocenters. The summed E-state index contributed by atoms with van der Waals surface area (Å²) in [5.74, 6) is 0. The fourth-order valence-corrected chi connectivity index (χ4v) is 2.37. The SMILES string of the molecule is COC1(C(F)(F)F)CCN(c2ccccc2)CC1. The van der Waals surface area contributed by atoms with E-state index in [1.807, 2.05) is 35.2 Å². The molecule has 0 N–H and O–H groups in total. The molecule has 1 aromatic carbocycles. The summed E-state index contributed by atoms with van der Waals surface area (Å²) in [6, 6.07) is 9.48. The van der Waals surface area contributed by atoms with Gasteiger partial charge in [0.1, 0.15) is 0 Å². The molecule has 100 valence electrons. The predicted molar refractivity (Wildman–Crippen MR) is 63.7 cm³/mol. The average Bonchev–Trinajstić information content (AvgIpc) is 2.38. The minimum absolute atomic E-state index is 0.0259. The number of rotatable bonds is 2. The van der Waals surface area contributed by atoms with Gasteiger partial charge >= 0.3 is 6.18 Å². The van der Waals surface area contributed by atoms with Gasteiger partial charge in [0.2, 0.25) is 0 Å². The van der Waals surface area contributed by atoms with Gasteiger partial charge in [0.15, 0.2) is 5.60 Å². The van der Waals surface area contributed by atoms with Crippen LogP contribution in [0.5, 0.6) is 0 Å². The third kappa shape index (κ3) is 2.32. The molecule has 1 aliphatic heterocycles. The average molecular weight is 259 g/mol. The van der Waals surface area contributed by atoms with Crippen LogP contribution in [0.1, 0.15) is 12.8 Å². The maximum Gasteiger partial charge on any atom is 0.417 e. The lowest BCUT2D eigenvalue weighted by Gasteiger charge is -2.42. The molecule has 0 spiro atoms. The zero-order valence-electron chi connectivity index (χ0n) is 10.2. The van der Waals surface area contributed by atoms with Crippen molar-refractivity contribution in [3.05, 3.63) is 30.3 Å². The van der Waals surface area contributed by atoms with Crippen molar-refractivity contribution in [1.29, 1.82) is 0 Å².